The normalized spacial score (nSPS) is 16.6. The number of fused-ring (bicyclic) bond motifs is 1. The van der Waals surface area contributed by atoms with Crippen molar-refractivity contribution >= 4 is 16.9 Å². The van der Waals surface area contributed by atoms with E-state index in [0.29, 0.717) is 18.2 Å². The maximum absolute atomic E-state index is 12.7. The van der Waals surface area contributed by atoms with Gasteiger partial charge in [-0.05, 0) is 44.7 Å². The molecule has 0 saturated carbocycles. The number of nitrogens with zero attached hydrogens (tertiary/aromatic N) is 1. The number of amides is 1. The maximum Gasteiger partial charge on any atom is 0.289 e. The Bertz CT molecular complexity index is 667. The van der Waals surface area contributed by atoms with Crippen molar-refractivity contribution in [1.29, 1.82) is 0 Å². The van der Waals surface area contributed by atoms with Gasteiger partial charge in [-0.15, -0.1) is 0 Å². The van der Waals surface area contributed by atoms with E-state index in [0.717, 1.165) is 48.0 Å². The van der Waals surface area contributed by atoms with Gasteiger partial charge in [0.25, 0.3) is 5.91 Å². The Balaban J connectivity index is 1.89. The molecule has 2 heterocycles. The van der Waals surface area contributed by atoms with Crippen molar-refractivity contribution in [3.63, 3.8) is 0 Å². The van der Waals surface area contributed by atoms with Gasteiger partial charge in [0.15, 0.2) is 5.76 Å². The number of benzene rings is 1. The van der Waals surface area contributed by atoms with Gasteiger partial charge in [0, 0.05) is 24.0 Å². The molecule has 1 aromatic carbocycles. The predicted molar refractivity (Wildman–Crippen MR) is 83.4 cm³/mol. The summed E-state index contributed by atoms with van der Waals surface area (Å²) in [6.07, 6.45) is 1.97. The third kappa shape index (κ3) is 2.44. The van der Waals surface area contributed by atoms with Crippen molar-refractivity contribution in [2.24, 2.45) is 11.7 Å². The molecule has 1 aliphatic heterocycles. The SMILES string of the molecule is Cc1c(C(=O)N2CCC(CN)CC2)oc2c(C)cccc12. The molecule has 1 aliphatic rings. The molecule has 112 valence electrons. The van der Waals surface area contributed by atoms with E-state index in [1.54, 1.807) is 0 Å². The molecule has 1 saturated heterocycles. The van der Waals surface area contributed by atoms with Crippen molar-refractivity contribution in [3.05, 3.63) is 35.1 Å². The highest BCUT2D eigenvalue weighted by Crippen LogP contribution is 2.29. The van der Waals surface area contributed by atoms with Crippen LogP contribution in [0.15, 0.2) is 22.6 Å². The lowest BCUT2D eigenvalue weighted by molar-refractivity contribution is 0.0662. The summed E-state index contributed by atoms with van der Waals surface area (Å²) in [5, 5.41) is 1.04. The standard InChI is InChI=1S/C17H22N2O2/c1-11-4-3-5-14-12(2)16(21-15(11)14)17(20)19-8-6-13(10-18)7-9-19/h3-5,13H,6-10,18H2,1-2H3. The number of nitrogens with two attached hydrogens (primary N) is 1. The van der Waals surface area contributed by atoms with Crippen molar-refractivity contribution in [3.8, 4) is 0 Å². The van der Waals surface area contributed by atoms with Gasteiger partial charge in [0.05, 0.1) is 0 Å². The third-order valence-electron chi connectivity index (χ3n) is 4.59. The van der Waals surface area contributed by atoms with Crippen LogP contribution in [0, 0.1) is 19.8 Å². The largest absolute Gasteiger partial charge is 0.450 e. The molecule has 21 heavy (non-hydrogen) atoms. The molecule has 0 bridgehead atoms. The van der Waals surface area contributed by atoms with Crippen molar-refractivity contribution < 1.29 is 9.21 Å². The van der Waals surface area contributed by atoms with Gasteiger partial charge in [0.2, 0.25) is 0 Å². The third-order valence-corrected chi connectivity index (χ3v) is 4.59. The molecule has 4 heteroatoms. The lowest BCUT2D eigenvalue weighted by atomic mass is 9.97. The monoisotopic (exact) mass is 286 g/mol. The first-order chi connectivity index (χ1) is 10.1. The van der Waals surface area contributed by atoms with Crippen molar-refractivity contribution in [1.82, 2.24) is 4.90 Å². The highest BCUT2D eigenvalue weighted by Gasteiger charge is 2.27. The molecule has 0 spiro atoms. The summed E-state index contributed by atoms with van der Waals surface area (Å²) in [5.74, 6) is 1.05. The average Bonchev–Trinajstić information content (AvgIpc) is 2.85. The number of furan rings is 1. The van der Waals surface area contributed by atoms with Crippen LogP contribution >= 0.6 is 0 Å². The van der Waals surface area contributed by atoms with Crippen LogP contribution < -0.4 is 5.73 Å². The second-order valence-corrected chi connectivity index (χ2v) is 5.98. The zero-order valence-electron chi connectivity index (χ0n) is 12.7. The van der Waals surface area contributed by atoms with Gasteiger partial charge in [0.1, 0.15) is 5.58 Å². The Kier molecular flexibility index (Phi) is 3.72. The topological polar surface area (TPSA) is 59.5 Å². The Morgan fingerprint density at radius 2 is 2.05 bits per heavy atom. The molecular formula is C17H22N2O2. The van der Waals surface area contributed by atoms with Gasteiger partial charge in [-0.3, -0.25) is 4.79 Å². The minimum atomic E-state index is 0.0126. The fraction of sp³-hybridized carbons (Fsp3) is 0.471. The van der Waals surface area contributed by atoms with E-state index in [4.69, 9.17) is 10.2 Å². The number of hydrogen-bond acceptors (Lipinski definition) is 3. The van der Waals surface area contributed by atoms with E-state index in [9.17, 15) is 4.79 Å². The molecule has 0 aliphatic carbocycles. The summed E-state index contributed by atoms with van der Waals surface area (Å²) in [5.41, 5.74) is 8.54. The first-order valence-corrected chi connectivity index (χ1v) is 7.60. The summed E-state index contributed by atoms with van der Waals surface area (Å²) in [6, 6.07) is 6.02. The molecule has 2 N–H and O–H groups in total. The quantitative estimate of drug-likeness (QED) is 0.923. The zero-order valence-corrected chi connectivity index (χ0v) is 12.7. The fourth-order valence-electron chi connectivity index (χ4n) is 3.10. The van der Waals surface area contributed by atoms with Crippen molar-refractivity contribution in [2.75, 3.05) is 19.6 Å². The van der Waals surface area contributed by atoms with E-state index in [1.165, 1.54) is 0 Å². The number of carbonyl (C=O) groups excluding carboxylic acids is 1. The Morgan fingerprint density at radius 3 is 2.67 bits per heavy atom. The molecule has 0 radical (unpaired) electrons. The molecule has 1 aromatic heterocycles. The Labute approximate surface area is 124 Å². The van der Waals surface area contributed by atoms with E-state index in [2.05, 4.69) is 0 Å². The van der Waals surface area contributed by atoms with Crippen LogP contribution in [0.2, 0.25) is 0 Å². The highest BCUT2D eigenvalue weighted by molar-refractivity contribution is 5.99. The first-order valence-electron chi connectivity index (χ1n) is 7.60. The van der Waals surface area contributed by atoms with E-state index >= 15 is 0 Å². The number of aryl methyl sites for hydroxylation is 2. The van der Waals surface area contributed by atoms with Crippen LogP contribution in [0.1, 0.15) is 34.5 Å². The van der Waals surface area contributed by atoms with Crippen molar-refractivity contribution in [2.45, 2.75) is 26.7 Å². The summed E-state index contributed by atoms with van der Waals surface area (Å²) in [4.78, 5) is 14.6. The first kappa shape index (κ1) is 14.1. The van der Waals surface area contributed by atoms with Gasteiger partial charge in [-0.2, -0.15) is 0 Å². The van der Waals surface area contributed by atoms with Gasteiger partial charge in [-0.25, -0.2) is 0 Å². The van der Waals surface area contributed by atoms with Gasteiger partial charge < -0.3 is 15.1 Å². The fourth-order valence-corrected chi connectivity index (χ4v) is 3.10. The van der Waals surface area contributed by atoms with E-state index in [-0.39, 0.29) is 5.91 Å². The van der Waals surface area contributed by atoms with Crippen LogP contribution in [-0.2, 0) is 0 Å². The summed E-state index contributed by atoms with van der Waals surface area (Å²) in [6.45, 7) is 6.23. The molecule has 0 atom stereocenters. The summed E-state index contributed by atoms with van der Waals surface area (Å²) in [7, 11) is 0. The Morgan fingerprint density at radius 1 is 1.33 bits per heavy atom. The number of rotatable bonds is 2. The van der Waals surface area contributed by atoms with Gasteiger partial charge in [-0.1, -0.05) is 18.2 Å². The minimum Gasteiger partial charge on any atom is -0.450 e. The molecule has 1 amide bonds. The van der Waals surface area contributed by atoms with E-state index in [1.807, 2.05) is 36.9 Å². The maximum atomic E-state index is 12.7. The number of hydrogen-bond donors (Lipinski definition) is 1. The molecule has 3 rings (SSSR count). The molecule has 4 nitrogen and oxygen atoms in total. The molecule has 1 fully saturated rings. The summed E-state index contributed by atoms with van der Waals surface area (Å²) >= 11 is 0. The minimum absolute atomic E-state index is 0.0126. The average molecular weight is 286 g/mol. The zero-order chi connectivity index (χ0) is 15.0. The van der Waals surface area contributed by atoms with Crippen LogP contribution in [0.3, 0.4) is 0 Å². The van der Waals surface area contributed by atoms with E-state index < -0.39 is 0 Å². The molecule has 0 unspecified atom stereocenters. The smallest absolute Gasteiger partial charge is 0.289 e. The van der Waals surface area contributed by atoms with Crippen LogP contribution in [0.25, 0.3) is 11.0 Å². The molecule has 2 aromatic rings. The van der Waals surface area contributed by atoms with Crippen LogP contribution in [0.5, 0.6) is 0 Å². The number of carbonyl (C=O) groups is 1. The lowest BCUT2D eigenvalue weighted by Crippen LogP contribution is -2.40. The Hall–Kier alpha value is -1.81. The lowest BCUT2D eigenvalue weighted by Gasteiger charge is -2.30. The highest BCUT2D eigenvalue weighted by atomic mass is 16.3. The number of para-hydroxylation sites is 1. The second kappa shape index (κ2) is 5.53. The van der Waals surface area contributed by atoms with Crippen LogP contribution in [0.4, 0.5) is 0 Å². The molecular weight excluding hydrogens is 264 g/mol. The summed E-state index contributed by atoms with van der Waals surface area (Å²) < 4.78 is 5.88. The predicted octanol–water partition coefficient (Wildman–Crippen LogP) is 2.86. The van der Waals surface area contributed by atoms with Crippen LogP contribution in [-0.4, -0.2) is 30.4 Å². The number of piperidine rings is 1. The number of likely N-dealkylation sites (tertiary alicyclic amines) is 1. The second-order valence-electron chi connectivity index (χ2n) is 5.98. The van der Waals surface area contributed by atoms with Gasteiger partial charge >= 0.3 is 0 Å².